The number of sulfonamides is 1. The van der Waals surface area contributed by atoms with Crippen LogP contribution in [-0.2, 0) is 24.7 Å². The topological polar surface area (TPSA) is 88.6 Å². The maximum absolute atomic E-state index is 13.8. The number of hydrogen-bond acceptors (Lipinski definition) is 5. The summed E-state index contributed by atoms with van der Waals surface area (Å²) in [6.07, 6.45) is 0.0117. The van der Waals surface area contributed by atoms with E-state index in [2.05, 4.69) is 0 Å². The molecule has 0 aromatic heterocycles. The van der Waals surface area contributed by atoms with Gasteiger partial charge in [0.05, 0.1) is 22.8 Å². The number of fused-ring (bicyclic) bond motifs is 1. The Balaban J connectivity index is 1.94. The van der Waals surface area contributed by atoms with Crippen molar-refractivity contribution in [3.63, 3.8) is 0 Å². The molecule has 9 heteroatoms. The second-order valence-electron chi connectivity index (χ2n) is 10.2. The quantitative estimate of drug-likeness (QED) is 0.532. The average molecular weight is 530 g/mol. The fourth-order valence-corrected chi connectivity index (χ4v) is 10.2. The van der Waals surface area contributed by atoms with Crippen molar-refractivity contribution in [1.82, 2.24) is 4.31 Å². The summed E-state index contributed by atoms with van der Waals surface area (Å²) in [4.78, 5) is 14.0. The Morgan fingerprint density at radius 3 is 2.06 bits per heavy atom. The first-order valence-electron chi connectivity index (χ1n) is 11.6. The summed E-state index contributed by atoms with van der Waals surface area (Å²) in [7, 11) is -10.0. The number of Topliss-reactive ketones (excluding diaryl/α,β-unsaturated/α-hetero) is 1. The maximum Gasteiger partial charge on any atom is 0.243 e. The second kappa shape index (κ2) is 8.96. The number of carbonyl (C=O) groups excluding carboxylic acids is 1. The van der Waals surface area contributed by atoms with Crippen LogP contribution in [-0.4, -0.2) is 48.1 Å². The zero-order chi connectivity index (χ0) is 25.8. The highest BCUT2D eigenvalue weighted by Crippen LogP contribution is 2.45. The molecule has 0 saturated carbocycles. The summed E-state index contributed by atoms with van der Waals surface area (Å²) in [5.41, 5.74) is 2.03. The van der Waals surface area contributed by atoms with E-state index in [1.807, 2.05) is 26.6 Å². The van der Waals surface area contributed by atoms with Crippen LogP contribution in [0, 0.1) is 12.8 Å². The largest absolute Gasteiger partial charge is 0.294 e. The Hall–Kier alpha value is -2.33. The molecule has 6 nitrogen and oxygen atoms in total. The number of carbonyl (C=O) groups is 1. The number of hydrogen-bond donors (Lipinski definition) is 0. The molecule has 0 radical (unpaired) electrons. The highest BCUT2D eigenvalue weighted by Gasteiger charge is 2.46. The van der Waals surface area contributed by atoms with Gasteiger partial charge in [-0.15, -0.1) is 0 Å². The Bertz CT molecular complexity index is 1450. The van der Waals surface area contributed by atoms with Gasteiger partial charge in [0, 0.05) is 19.0 Å². The number of allylic oxidation sites excluding steroid dienone is 1. The lowest BCUT2D eigenvalue weighted by molar-refractivity contribution is -0.116. The normalized spacial score (nSPS) is 20.3. The van der Waals surface area contributed by atoms with Gasteiger partial charge >= 0.3 is 0 Å². The molecule has 0 fully saturated rings. The summed E-state index contributed by atoms with van der Waals surface area (Å²) >= 11 is 0. The van der Waals surface area contributed by atoms with E-state index in [0.29, 0.717) is 16.3 Å². The number of sulfone groups is 1. The highest BCUT2D eigenvalue weighted by atomic mass is 32.2. The summed E-state index contributed by atoms with van der Waals surface area (Å²) in [5.74, 6) is -0.702. The lowest BCUT2D eigenvalue weighted by Gasteiger charge is -2.24. The molecule has 0 N–H and O–H groups in total. The van der Waals surface area contributed by atoms with Crippen LogP contribution < -0.4 is 0 Å². The average Bonchev–Trinajstić information content (AvgIpc) is 2.93. The third-order valence-electron chi connectivity index (χ3n) is 6.71. The third-order valence-corrected chi connectivity index (χ3v) is 12.6. The van der Waals surface area contributed by atoms with Gasteiger partial charge < -0.3 is 0 Å². The van der Waals surface area contributed by atoms with Crippen molar-refractivity contribution < 1.29 is 21.6 Å². The van der Waals surface area contributed by atoms with Crippen molar-refractivity contribution in [2.45, 2.75) is 49.7 Å². The van der Waals surface area contributed by atoms with Gasteiger partial charge in [0.25, 0.3) is 0 Å². The molecule has 1 atom stereocenters. The summed E-state index contributed by atoms with van der Waals surface area (Å²) in [6.45, 7) is 9.76. The Morgan fingerprint density at radius 1 is 0.886 bits per heavy atom. The first kappa shape index (κ1) is 25.8. The smallest absolute Gasteiger partial charge is 0.243 e. The fourth-order valence-electron chi connectivity index (χ4n) is 4.99. The predicted octanol–water partition coefficient (Wildman–Crippen LogP) is 4.51. The molecule has 2 aromatic carbocycles. The van der Waals surface area contributed by atoms with Crippen molar-refractivity contribution in [2.75, 3.05) is 13.1 Å². The number of aryl methyl sites for hydroxylation is 1. The van der Waals surface area contributed by atoms with Crippen LogP contribution in [0.25, 0.3) is 0 Å². The van der Waals surface area contributed by atoms with Crippen molar-refractivity contribution in [3.8, 4) is 0 Å². The molecule has 0 amide bonds. The van der Waals surface area contributed by atoms with Crippen LogP contribution in [0.1, 0.15) is 18.9 Å². The van der Waals surface area contributed by atoms with E-state index in [-0.39, 0.29) is 40.0 Å². The SMILES string of the molecule is Cc1ccc(S(=O)(=O)N2CCC(S(=O)(=O)c3ccccc3)=C3C(=C([Si](C)(C)C)C(=O)C3C)C2)cc1. The van der Waals surface area contributed by atoms with Gasteiger partial charge in [-0.25, -0.2) is 16.8 Å². The zero-order valence-corrected chi connectivity index (χ0v) is 23.3. The molecule has 0 bridgehead atoms. The molecule has 2 aliphatic rings. The molecule has 35 heavy (non-hydrogen) atoms. The first-order chi connectivity index (χ1) is 16.3. The Morgan fingerprint density at radius 2 is 1.49 bits per heavy atom. The molecule has 2 aromatic rings. The highest BCUT2D eigenvalue weighted by molar-refractivity contribution is 7.95. The van der Waals surface area contributed by atoms with E-state index in [4.69, 9.17) is 0 Å². The molecule has 4 rings (SSSR count). The lowest BCUT2D eigenvalue weighted by Crippen LogP contribution is -2.35. The van der Waals surface area contributed by atoms with Gasteiger partial charge in [-0.3, -0.25) is 4.79 Å². The van der Waals surface area contributed by atoms with Crippen molar-refractivity contribution in [1.29, 1.82) is 0 Å². The molecule has 186 valence electrons. The first-order valence-corrected chi connectivity index (χ1v) is 18.1. The summed E-state index contributed by atoms with van der Waals surface area (Å²) in [5, 5.41) is 0.645. The second-order valence-corrected chi connectivity index (χ2v) is 19.2. The van der Waals surface area contributed by atoms with E-state index in [9.17, 15) is 21.6 Å². The van der Waals surface area contributed by atoms with Crippen molar-refractivity contribution >= 4 is 33.7 Å². The van der Waals surface area contributed by atoms with Crippen LogP contribution in [0.2, 0.25) is 19.6 Å². The lowest BCUT2D eigenvalue weighted by atomic mass is 9.99. The zero-order valence-electron chi connectivity index (χ0n) is 20.7. The monoisotopic (exact) mass is 529 g/mol. The van der Waals surface area contributed by atoms with Gasteiger partial charge in [-0.05, 0) is 54.0 Å². The molecule has 0 saturated heterocycles. The van der Waals surface area contributed by atoms with Gasteiger partial charge in [0.2, 0.25) is 19.9 Å². The molecule has 1 heterocycles. The van der Waals surface area contributed by atoms with E-state index in [1.54, 1.807) is 61.5 Å². The Labute approximate surface area is 209 Å². The van der Waals surface area contributed by atoms with Gasteiger partial charge in [0.1, 0.15) is 0 Å². The molecule has 1 aliphatic heterocycles. The van der Waals surface area contributed by atoms with Crippen LogP contribution in [0.4, 0.5) is 0 Å². The van der Waals surface area contributed by atoms with E-state index < -0.39 is 33.9 Å². The third kappa shape index (κ3) is 4.50. The molecule has 1 aliphatic carbocycles. The van der Waals surface area contributed by atoms with Gasteiger partial charge in [-0.1, -0.05) is 62.5 Å². The van der Waals surface area contributed by atoms with E-state index >= 15 is 0 Å². The molecular formula is C26H31NO5S2Si. The van der Waals surface area contributed by atoms with Crippen molar-refractivity contribution in [2.24, 2.45) is 5.92 Å². The fraction of sp³-hybridized carbons (Fsp3) is 0.346. The Kier molecular flexibility index (Phi) is 6.59. The van der Waals surface area contributed by atoms with Crippen LogP contribution in [0.3, 0.4) is 0 Å². The number of nitrogens with zero attached hydrogens (tertiary/aromatic N) is 1. The number of rotatable bonds is 5. The van der Waals surface area contributed by atoms with E-state index in [1.165, 1.54) is 4.31 Å². The van der Waals surface area contributed by atoms with Gasteiger partial charge in [0.15, 0.2) is 5.78 Å². The van der Waals surface area contributed by atoms with Crippen LogP contribution in [0.15, 0.2) is 85.6 Å². The van der Waals surface area contributed by atoms with Crippen molar-refractivity contribution in [3.05, 3.63) is 81.4 Å². The summed E-state index contributed by atoms with van der Waals surface area (Å²) in [6, 6.07) is 14.8. The maximum atomic E-state index is 13.8. The number of ketones is 1. The van der Waals surface area contributed by atoms with Crippen LogP contribution in [0.5, 0.6) is 0 Å². The summed E-state index contributed by atoms with van der Waals surface area (Å²) < 4.78 is 56.2. The standard InChI is InChI=1S/C26H31NO5S2Si/c1-18-11-13-21(14-12-18)34(31,32)27-16-15-23(33(29,30)20-9-7-6-8-10-20)24-19(2)25(28)26(22(24)17-27)35(3,4)5/h6-14,19H,15-17H2,1-5H3. The molecule has 0 spiro atoms. The predicted molar refractivity (Wildman–Crippen MR) is 140 cm³/mol. The molecular weight excluding hydrogens is 499 g/mol. The minimum absolute atomic E-state index is 0.00492. The van der Waals surface area contributed by atoms with Gasteiger partial charge in [-0.2, -0.15) is 4.31 Å². The minimum atomic E-state index is -3.92. The minimum Gasteiger partial charge on any atom is -0.294 e. The molecule has 1 unspecified atom stereocenters. The number of benzene rings is 2. The van der Waals surface area contributed by atoms with E-state index in [0.717, 1.165) is 5.56 Å². The van der Waals surface area contributed by atoms with Crippen LogP contribution >= 0.6 is 0 Å².